The summed E-state index contributed by atoms with van der Waals surface area (Å²) < 4.78 is 12.9. The summed E-state index contributed by atoms with van der Waals surface area (Å²) in [5, 5.41) is 9.28. The first kappa shape index (κ1) is 18.0. The van der Waals surface area contributed by atoms with E-state index in [0.717, 1.165) is 63.0 Å². The van der Waals surface area contributed by atoms with E-state index < -0.39 is 0 Å². The van der Waals surface area contributed by atoms with Crippen LogP contribution in [0.2, 0.25) is 0 Å². The number of primary amides is 1. The number of quaternary nitrogens is 1. The van der Waals surface area contributed by atoms with E-state index in [0.29, 0.717) is 5.16 Å². The predicted octanol–water partition coefficient (Wildman–Crippen LogP) is -0.271. The minimum Gasteiger partial charge on any atom is -0.469 e. The first-order valence-electron chi connectivity index (χ1n) is 8.45. The van der Waals surface area contributed by atoms with E-state index in [9.17, 15) is 4.79 Å². The van der Waals surface area contributed by atoms with E-state index in [4.69, 9.17) is 14.9 Å². The van der Waals surface area contributed by atoms with Gasteiger partial charge in [0.1, 0.15) is 18.8 Å². The lowest BCUT2D eigenvalue weighted by molar-refractivity contribution is -0.908. The number of nitrogens with zero attached hydrogens (tertiary/aromatic N) is 3. The second-order valence-corrected chi connectivity index (χ2v) is 7.01. The monoisotopic (exact) mass is 366 g/mol. The number of amides is 1. The summed E-state index contributed by atoms with van der Waals surface area (Å²) >= 11 is 1.32. The molecule has 2 aromatic heterocycles. The number of rotatable bonds is 8. The number of nitrogens with two attached hydrogens (primary N) is 1. The summed E-state index contributed by atoms with van der Waals surface area (Å²) in [6, 6.07) is 1.89. The van der Waals surface area contributed by atoms with Gasteiger partial charge in [0.15, 0.2) is 11.0 Å². The number of morpholine rings is 1. The summed E-state index contributed by atoms with van der Waals surface area (Å²) in [7, 11) is 0. The molecule has 8 nitrogen and oxygen atoms in total. The van der Waals surface area contributed by atoms with Gasteiger partial charge in [-0.2, -0.15) is 0 Å². The van der Waals surface area contributed by atoms with Gasteiger partial charge in [-0.3, -0.25) is 4.79 Å². The molecule has 0 unspecified atom stereocenters. The van der Waals surface area contributed by atoms with Gasteiger partial charge in [0.25, 0.3) is 0 Å². The molecule has 3 N–H and O–H groups in total. The molecule has 1 amide bonds. The fourth-order valence-corrected chi connectivity index (χ4v) is 3.65. The van der Waals surface area contributed by atoms with Gasteiger partial charge in [-0.1, -0.05) is 11.8 Å². The lowest BCUT2D eigenvalue weighted by Crippen LogP contribution is -3.14. The zero-order valence-electron chi connectivity index (χ0n) is 14.4. The van der Waals surface area contributed by atoms with Crippen molar-refractivity contribution in [3.63, 3.8) is 0 Å². The van der Waals surface area contributed by atoms with E-state index in [-0.39, 0.29) is 11.7 Å². The maximum absolute atomic E-state index is 11.1. The summed E-state index contributed by atoms with van der Waals surface area (Å²) in [5.74, 6) is 1.41. The molecular formula is C16H24N5O3S+. The molecule has 1 fully saturated rings. The number of carbonyl (C=O) groups is 1. The molecule has 9 heteroatoms. The smallest absolute Gasteiger partial charge is 0.227 e. The number of thioether (sulfide) groups is 1. The van der Waals surface area contributed by atoms with E-state index >= 15 is 0 Å². The Balaban J connectivity index is 1.72. The number of furan rings is 1. The van der Waals surface area contributed by atoms with Crippen LogP contribution in [0.1, 0.15) is 12.2 Å². The Morgan fingerprint density at radius 2 is 2.20 bits per heavy atom. The van der Waals surface area contributed by atoms with Crippen LogP contribution in [0.5, 0.6) is 0 Å². The molecule has 0 bridgehead atoms. The SMILES string of the molecule is Cc1occc1-c1nnc(SCC(N)=O)n1CCC[NH+]1CCOCC1. The third-order valence-electron chi connectivity index (χ3n) is 4.27. The number of hydrogen-bond acceptors (Lipinski definition) is 6. The van der Waals surface area contributed by atoms with Crippen molar-refractivity contribution >= 4 is 17.7 Å². The van der Waals surface area contributed by atoms with E-state index in [1.807, 2.05) is 13.0 Å². The normalized spacial score (nSPS) is 15.6. The molecule has 0 saturated carbocycles. The second kappa shape index (κ2) is 8.50. The zero-order valence-corrected chi connectivity index (χ0v) is 15.2. The molecule has 0 aliphatic carbocycles. The lowest BCUT2D eigenvalue weighted by atomic mass is 10.2. The van der Waals surface area contributed by atoms with Crippen molar-refractivity contribution in [3.8, 4) is 11.4 Å². The van der Waals surface area contributed by atoms with Crippen molar-refractivity contribution in [2.45, 2.75) is 25.0 Å². The minimum atomic E-state index is -0.363. The maximum Gasteiger partial charge on any atom is 0.227 e. The molecule has 1 aliphatic rings. The van der Waals surface area contributed by atoms with Gasteiger partial charge in [-0.25, -0.2) is 0 Å². The summed E-state index contributed by atoms with van der Waals surface area (Å²) in [6.07, 6.45) is 2.65. The highest BCUT2D eigenvalue weighted by Crippen LogP contribution is 2.27. The van der Waals surface area contributed by atoms with Crippen molar-refractivity contribution < 1.29 is 18.8 Å². The number of hydrogen-bond donors (Lipinski definition) is 2. The maximum atomic E-state index is 11.1. The third-order valence-corrected chi connectivity index (χ3v) is 5.26. The predicted molar refractivity (Wildman–Crippen MR) is 93.4 cm³/mol. The molecule has 25 heavy (non-hydrogen) atoms. The van der Waals surface area contributed by atoms with Crippen LogP contribution in [0.25, 0.3) is 11.4 Å². The second-order valence-electron chi connectivity index (χ2n) is 6.07. The van der Waals surface area contributed by atoms with Crippen LogP contribution in [-0.2, 0) is 16.1 Å². The average molecular weight is 366 g/mol. The summed E-state index contributed by atoms with van der Waals surface area (Å²) in [5.41, 5.74) is 6.19. The lowest BCUT2D eigenvalue weighted by Gasteiger charge is -2.23. The fraction of sp³-hybridized carbons (Fsp3) is 0.562. The third kappa shape index (κ3) is 4.62. The molecule has 0 spiro atoms. The van der Waals surface area contributed by atoms with Crippen molar-refractivity contribution in [2.24, 2.45) is 5.73 Å². The number of aromatic nitrogens is 3. The van der Waals surface area contributed by atoms with Crippen LogP contribution in [0.3, 0.4) is 0 Å². The van der Waals surface area contributed by atoms with Crippen molar-refractivity contribution in [3.05, 3.63) is 18.1 Å². The van der Waals surface area contributed by atoms with Crippen molar-refractivity contribution in [1.29, 1.82) is 0 Å². The first-order chi connectivity index (χ1) is 12.1. The van der Waals surface area contributed by atoms with Gasteiger partial charge in [-0.15, -0.1) is 10.2 Å². The Morgan fingerprint density at radius 3 is 2.88 bits per heavy atom. The Labute approximate surface area is 150 Å². The standard InChI is InChI=1S/C16H23N5O3S/c1-12-13(3-8-24-12)15-18-19-16(25-11-14(17)22)21(15)5-2-4-20-6-9-23-10-7-20/h3,8H,2,4-7,9-11H2,1H3,(H2,17,22)/p+1. The van der Waals surface area contributed by atoms with Gasteiger partial charge in [0, 0.05) is 13.0 Å². The number of ether oxygens (including phenoxy) is 1. The molecule has 2 aromatic rings. The largest absolute Gasteiger partial charge is 0.469 e. The van der Waals surface area contributed by atoms with E-state index in [2.05, 4.69) is 14.8 Å². The zero-order chi connectivity index (χ0) is 17.6. The van der Waals surface area contributed by atoms with Crippen LogP contribution in [0.15, 0.2) is 21.9 Å². The average Bonchev–Trinajstić information content (AvgIpc) is 3.20. The van der Waals surface area contributed by atoms with E-state index in [1.165, 1.54) is 11.8 Å². The highest BCUT2D eigenvalue weighted by Gasteiger charge is 2.19. The molecule has 3 heterocycles. The Bertz CT molecular complexity index is 708. The molecule has 0 radical (unpaired) electrons. The molecule has 1 saturated heterocycles. The van der Waals surface area contributed by atoms with Crippen LogP contribution in [0, 0.1) is 6.92 Å². The van der Waals surface area contributed by atoms with Crippen LogP contribution in [-0.4, -0.2) is 59.3 Å². The van der Waals surface area contributed by atoms with E-state index in [1.54, 1.807) is 11.2 Å². The summed E-state index contributed by atoms with van der Waals surface area (Å²) in [4.78, 5) is 12.7. The first-order valence-corrected chi connectivity index (χ1v) is 9.44. The summed E-state index contributed by atoms with van der Waals surface area (Å²) in [6.45, 7) is 7.55. The van der Waals surface area contributed by atoms with Gasteiger partial charge in [-0.05, 0) is 13.0 Å². The van der Waals surface area contributed by atoms with Crippen LogP contribution >= 0.6 is 11.8 Å². The topological polar surface area (TPSA) is 101 Å². The highest BCUT2D eigenvalue weighted by molar-refractivity contribution is 7.99. The number of aryl methyl sites for hydroxylation is 1. The van der Waals surface area contributed by atoms with Crippen LogP contribution < -0.4 is 10.6 Å². The Morgan fingerprint density at radius 1 is 1.40 bits per heavy atom. The highest BCUT2D eigenvalue weighted by atomic mass is 32.2. The van der Waals surface area contributed by atoms with Crippen molar-refractivity contribution in [2.75, 3.05) is 38.6 Å². The Hall–Kier alpha value is -1.84. The van der Waals surface area contributed by atoms with Crippen molar-refractivity contribution in [1.82, 2.24) is 14.8 Å². The van der Waals surface area contributed by atoms with Gasteiger partial charge in [0.2, 0.25) is 5.91 Å². The number of carbonyl (C=O) groups excluding carboxylic acids is 1. The number of nitrogens with one attached hydrogen (secondary N) is 1. The van der Waals surface area contributed by atoms with Gasteiger partial charge < -0.3 is 24.4 Å². The molecule has 1 aliphatic heterocycles. The van der Waals surface area contributed by atoms with Gasteiger partial charge in [0.05, 0.1) is 37.3 Å². The van der Waals surface area contributed by atoms with Crippen LogP contribution in [0.4, 0.5) is 0 Å². The molecule has 136 valence electrons. The molecule has 3 rings (SSSR count). The van der Waals surface area contributed by atoms with Gasteiger partial charge >= 0.3 is 0 Å². The molecule has 0 aromatic carbocycles. The quantitative estimate of drug-likeness (QED) is 0.624. The minimum absolute atomic E-state index is 0.192. The molecule has 0 atom stereocenters. The molecular weight excluding hydrogens is 342 g/mol. The fourth-order valence-electron chi connectivity index (χ4n) is 2.95. The Kier molecular flexibility index (Phi) is 6.11.